The number of methoxy groups -OCH3 is 1. The molecule has 0 saturated heterocycles. The molecule has 18 heavy (non-hydrogen) atoms. The molecule has 0 fully saturated rings. The molecule has 1 N–H and O–H groups in total. The molecule has 0 atom stereocenters. The topological polar surface area (TPSA) is 64.9 Å². The van der Waals surface area contributed by atoms with Crippen LogP contribution in [0.3, 0.4) is 0 Å². The maximum absolute atomic E-state index is 5.35. The quantitative estimate of drug-likeness (QED) is 0.848. The van der Waals surface area contributed by atoms with E-state index in [2.05, 4.69) is 43.0 Å². The van der Waals surface area contributed by atoms with E-state index in [1.165, 1.54) is 0 Å². The molecular formula is C11H14IN5O. The zero-order valence-corrected chi connectivity index (χ0v) is 12.8. The molecule has 0 aliphatic heterocycles. The number of hydrogen-bond acceptors (Lipinski definition) is 5. The Morgan fingerprint density at radius 1 is 1.44 bits per heavy atom. The zero-order valence-electron chi connectivity index (χ0n) is 10.7. The molecule has 7 heteroatoms. The molecule has 0 aromatic carbocycles. The second-order valence-corrected chi connectivity index (χ2v) is 4.90. The summed E-state index contributed by atoms with van der Waals surface area (Å²) in [7, 11) is 5.29. The normalized spacial score (nSPS) is 10.5. The molecule has 96 valence electrons. The fourth-order valence-electron chi connectivity index (χ4n) is 1.79. The second kappa shape index (κ2) is 5.09. The number of anilines is 1. The molecule has 2 heterocycles. The van der Waals surface area contributed by atoms with Crippen molar-refractivity contribution in [2.45, 2.75) is 6.92 Å². The Hall–Kier alpha value is -1.38. The van der Waals surface area contributed by atoms with Gasteiger partial charge in [0.2, 0.25) is 5.88 Å². The largest absolute Gasteiger partial charge is 0.481 e. The number of ether oxygens (including phenoxy) is 1. The highest BCUT2D eigenvalue weighted by atomic mass is 127. The predicted octanol–water partition coefficient (Wildman–Crippen LogP) is 1.84. The van der Waals surface area contributed by atoms with Gasteiger partial charge in [0.1, 0.15) is 11.4 Å². The Kier molecular flexibility index (Phi) is 3.69. The minimum absolute atomic E-state index is 0.613. The maximum Gasteiger partial charge on any atom is 0.222 e. The number of nitrogens with zero attached hydrogens (tertiary/aromatic N) is 4. The third-order valence-corrected chi connectivity index (χ3v) is 3.36. The van der Waals surface area contributed by atoms with E-state index in [1.807, 2.05) is 21.0 Å². The van der Waals surface area contributed by atoms with Crippen LogP contribution >= 0.6 is 22.6 Å². The van der Waals surface area contributed by atoms with Crippen molar-refractivity contribution in [1.29, 1.82) is 0 Å². The Labute approximate surface area is 119 Å². The highest BCUT2D eigenvalue weighted by Crippen LogP contribution is 2.31. The molecule has 0 aliphatic rings. The van der Waals surface area contributed by atoms with Crippen LogP contribution in [0, 0.1) is 10.5 Å². The fourth-order valence-corrected chi connectivity index (χ4v) is 2.32. The number of rotatable bonds is 3. The molecule has 2 rings (SSSR count). The summed E-state index contributed by atoms with van der Waals surface area (Å²) in [5, 5.41) is 7.37. The standard InChI is InChI=1S/C11H14IN5O/c1-6-8(11(18-4)17(3)16-6)10-14-5-7(12)9(13-2)15-10/h5H,1-4H3,(H,13,14,15). The third kappa shape index (κ3) is 2.14. The average Bonchev–Trinajstić information content (AvgIpc) is 2.64. The summed E-state index contributed by atoms with van der Waals surface area (Å²) in [5.74, 6) is 2.07. The zero-order chi connectivity index (χ0) is 13.3. The highest BCUT2D eigenvalue weighted by Gasteiger charge is 2.19. The van der Waals surface area contributed by atoms with E-state index >= 15 is 0 Å². The van der Waals surface area contributed by atoms with E-state index < -0.39 is 0 Å². The van der Waals surface area contributed by atoms with Crippen LogP contribution in [0.1, 0.15) is 5.69 Å². The van der Waals surface area contributed by atoms with Crippen molar-refractivity contribution >= 4 is 28.4 Å². The van der Waals surface area contributed by atoms with Crippen LogP contribution in [0.25, 0.3) is 11.4 Å². The first-order chi connectivity index (χ1) is 8.58. The van der Waals surface area contributed by atoms with Crippen molar-refractivity contribution in [1.82, 2.24) is 19.7 Å². The van der Waals surface area contributed by atoms with Crippen LogP contribution in [0.5, 0.6) is 5.88 Å². The number of aryl methyl sites for hydroxylation is 2. The Morgan fingerprint density at radius 3 is 2.78 bits per heavy atom. The first-order valence-electron chi connectivity index (χ1n) is 5.36. The Morgan fingerprint density at radius 2 is 2.17 bits per heavy atom. The lowest BCUT2D eigenvalue weighted by atomic mass is 10.2. The Balaban J connectivity index is 2.61. The van der Waals surface area contributed by atoms with Gasteiger partial charge in [0.25, 0.3) is 0 Å². The van der Waals surface area contributed by atoms with Crippen LogP contribution in [-0.2, 0) is 7.05 Å². The molecule has 0 unspecified atom stereocenters. The summed E-state index contributed by atoms with van der Waals surface area (Å²) in [6.07, 6.45) is 1.78. The van der Waals surface area contributed by atoms with Crippen molar-refractivity contribution in [3.63, 3.8) is 0 Å². The van der Waals surface area contributed by atoms with Crippen molar-refractivity contribution in [3.8, 4) is 17.3 Å². The monoisotopic (exact) mass is 359 g/mol. The van der Waals surface area contributed by atoms with E-state index in [4.69, 9.17) is 4.74 Å². The lowest BCUT2D eigenvalue weighted by Crippen LogP contribution is -2.01. The van der Waals surface area contributed by atoms with E-state index in [0.717, 1.165) is 20.6 Å². The number of hydrogen-bond donors (Lipinski definition) is 1. The molecular weight excluding hydrogens is 345 g/mol. The van der Waals surface area contributed by atoms with Crippen molar-refractivity contribution in [3.05, 3.63) is 15.5 Å². The molecule has 2 aromatic heterocycles. The summed E-state index contributed by atoms with van der Waals surface area (Å²) in [6.45, 7) is 1.91. The van der Waals surface area contributed by atoms with Crippen LogP contribution in [0.2, 0.25) is 0 Å². The van der Waals surface area contributed by atoms with Crippen molar-refractivity contribution < 1.29 is 4.74 Å². The summed E-state index contributed by atoms with van der Waals surface area (Å²) in [4.78, 5) is 8.83. The summed E-state index contributed by atoms with van der Waals surface area (Å²) >= 11 is 2.19. The molecule has 6 nitrogen and oxygen atoms in total. The minimum atomic E-state index is 0.613. The number of halogens is 1. The lowest BCUT2D eigenvalue weighted by molar-refractivity contribution is 0.374. The van der Waals surface area contributed by atoms with Gasteiger partial charge in [-0.15, -0.1) is 0 Å². The molecule has 0 spiro atoms. The summed E-state index contributed by atoms with van der Waals surface area (Å²) in [6, 6.07) is 0. The van der Waals surface area contributed by atoms with Crippen LogP contribution in [0.15, 0.2) is 6.20 Å². The van der Waals surface area contributed by atoms with E-state index in [9.17, 15) is 0 Å². The van der Waals surface area contributed by atoms with Crippen LogP contribution in [0.4, 0.5) is 5.82 Å². The van der Waals surface area contributed by atoms with Gasteiger partial charge in [-0.05, 0) is 29.5 Å². The number of aromatic nitrogens is 4. The van der Waals surface area contributed by atoms with Crippen LogP contribution in [-0.4, -0.2) is 33.9 Å². The molecule has 2 aromatic rings. The average molecular weight is 359 g/mol. The molecule has 0 radical (unpaired) electrons. The van der Waals surface area contributed by atoms with Gasteiger partial charge in [-0.1, -0.05) is 0 Å². The smallest absolute Gasteiger partial charge is 0.222 e. The molecule has 0 aliphatic carbocycles. The second-order valence-electron chi connectivity index (χ2n) is 3.73. The van der Waals surface area contributed by atoms with Gasteiger partial charge < -0.3 is 10.1 Å². The summed E-state index contributed by atoms with van der Waals surface area (Å²) < 4.78 is 8.01. The van der Waals surface area contributed by atoms with Gasteiger partial charge in [-0.25, -0.2) is 14.6 Å². The van der Waals surface area contributed by atoms with Gasteiger partial charge in [-0.2, -0.15) is 5.10 Å². The fraction of sp³-hybridized carbons (Fsp3) is 0.364. The number of nitrogens with one attached hydrogen (secondary N) is 1. The molecule has 0 amide bonds. The van der Waals surface area contributed by atoms with Crippen LogP contribution < -0.4 is 10.1 Å². The van der Waals surface area contributed by atoms with Gasteiger partial charge >= 0.3 is 0 Å². The van der Waals surface area contributed by atoms with Gasteiger partial charge in [0.05, 0.1) is 16.4 Å². The Bertz CT molecular complexity index is 581. The van der Waals surface area contributed by atoms with Gasteiger partial charge in [0.15, 0.2) is 5.82 Å². The van der Waals surface area contributed by atoms with Gasteiger partial charge in [0, 0.05) is 20.3 Å². The molecule has 0 bridgehead atoms. The molecule has 0 saturated carbocycles. The maximum atomic E-state index is 5.35. The predicted molar refractivity (Wildman–Crippen MR) is 77.8 cm³/mol. The van der Waals surface area contributed by atoms with E-state index in [0.29, 0.717) is 11.7 Å². The SMILES string of the molecule is CNc1nc(-c2c(C)nn(C)c2OC)ncc1I. The lowest BCUT2D eigenvalue weighted by Gasteiger charge is -2.07. The first-order valence-corrected chi connectivity index (χ1v) is 6.44. The van der Waals surface area contributed by atoms with E-state index in [1.54, 1.807) is 18.0 Å². The van der Waals surface area contributed by atoms with Gasteiger partial charge in [-0.3, -0.25) is 0 Å². The first kappa shape index (κ1) is 13.1. The minimum Gasteiger partial charge on any atom is -0.481 e. The summed E-state index contributed by atoms with van der Waals surface area (Å²) in [5.41, 5.74) is 1.67. The third-order valence-electron chi connectivity index (χ3n) is 2.57. The van der Waals surface area contributed by atoms with Crippen molar-refractivity contribution in [2.24, 2.45) is 7.05 Å². The van der Waals surface area contributed by atoms with E-state index in [-0.39, 0.29) is 0 Å². The highest BCUT2D eigenvalue weighted by molar-refractivity contribution is 14.1. The van der Waals surface area contributed by atoms with Crippen molar-refractivity contribution in [2.75, 3.05) is 19.5 Å².